The average molecular weight is 622 g/mol. The lowest BCUT2D eigenvalue weighted by Gasteiger charge is -2.22. The van der Waals surface area contributed by atoms with Crippen LogP contribution in [0, 0.1) is 40.7 Å². The molecule has 0 heterocycles. The van der Waals surface area contributed by atoms with Crippen LogP contribution in [0.3, 0.4) is 0 Å². The summed E-state index contributed by atoms with van der Waals surface area (Å²) in [5.74, 6) is -29.2. The highest BCUT2D eigenvalue weighted by Gasteiger charge is 2.45. The van der Waals surface area contributed by atoms with Gasteiger partial charge in [0, 0.05) is 0 Å². The van der Waals surface area contributed by atoms with Crippen LogP contribution in [0.25, 0.3) is 0 Å². The van der Waals surface area contributed by atoms with Gasteiger partial charge in [0.05, 0.1) is 11.4 Å². The first-order chi connectivity index (χ1) is 18.5. The van der Waals surface area contributed by atoms with Crippen LogP contribution < -0.4 is 20.9 Å². The fraction of sp³-hybridized carbons (Fsp3) is 0.143. The monoisotopic (exact) mass is 622 g/mol. The lowest BCUT2D eigenvalue weighted by atomic mass is 10.1. The second-order valence-corrected chi connectivity index (χ2v) is 7.57. The zero-order valence-electron chi connectivity index (χ0n) is 18.7. The predicted molar refractivity (Wildman–Crippen MR) is 103 cm³/mol. The number of rotatable bonds is 4. The minimum Gasteiger partial charge on any atom is -0.450 e. The Morgan fingerprint density at radius 3 is 1.20 bits per heavy atom. The van der Waals surface area contributed by atoms with E-state index in [-0.39, 0.29) is 12.1 Å². The van der Waals surface area contributed by atoms with Gasteiger partial charge in [0.15, 0.2) is 46.3 Å². The van der Waals surface area contributed by atoms with Crippen LogP contribution in [0.5, 0.6) is 23.0 Å². The zero-order valence-corrected chi connectivity index (χ0v) is 18.7. The number of hydrogen-bond acceptors (Lipinski definition) is 4. The standard InChI is InChI=1S/C21H6F16N2O2/c22-7-4(40-17-5(20(32,33)34)14(38)10(25)8(23)12(17)27)2-1-3(19(29,30)31)16(7)41-18-6(21(35,36)37)15(39)11(26)9(24)13(18)28/h1-2H,38-39H2. The van der Waals surface area contributed by atoms with Gasteiger partial charge in [-0.3, -0.25) is 0 Å². The SMILES string of the molecule is Nc1c(F)c(F)c(F)c(Oc2ccc(C(F)(F)F)c(Oc3c(F)c(F)c(F)c(N)c3C(F)(F)F)c2F)c1C(F)(F)F. The van der Waals surface area contributed by atoms with Crippen LogP contribution >= 0.6 is 0 Å². The minimum atomic E-state index is -6.01. The molecule has 0 radical (unpaired) electrons. The van der Waals surface area contributed by atoms with Gasteiger partial charge in [0.2, 0.25) is 17.5 Å². The van der Waals surface area contributed by atoms with Gasteiger partial charge in [0.25, 0.3) is 0 Å². The van der Waals surface area contributed by atoms with Crippen molar-refractivity contribution in [1.29, 1.82) is 0 Å². The van der Waals surface area contributed by atoms with Gasteiger partial charge in [-0.25, -0.2) is 17.6 Å². The maximum Gasteiger partial charge on any atom is 0.422 e. The molecule has 224 valence electrons. The summed E-state index contributed by atoms with van der Waals surface area (Å²) in [4.78, 5) is 0. The first kappa shape index (κ1) is 31.3. The molecule has 4 nitrogen and oxygen atoms in total. The molecule has 3 rings (SSSR count). The molecule has 0 spiro atoms. The van der Waals surface area contributed by atoms with Crippen LogP contribution in [0.4, 0.5) is 81.6 Å². The Morgan fingerprint density at radius 2 is 0.829 bits per heavy atom. The lowest BCUT2D eigenvalue weighted by Crippen LogP contribution is -2.17. The van der Waals surface area contributed by atoms with Crippen molar-refractivity contribution in [2.75, 3.05) is 11.5 Å². The molecule has 0 saturated carbocycles. The number of nitrogens with two attached hydrogens (primary N) is 2. The molecule has 0 aliphatic heterocycles. The van der Waals surface area contributed by atoms with E-state index < -0.39 is 110 Å². The van der Waals surface area contributed by atoms with Crippen LogP contribution in [0.15, 0.2) is 12.1 Å². The van der Waals surface area contributed by atoms with E-state index in [1.165, 1.54) is 0 Å². The van der Waals surface area contributed by atoms with Gasteiger partial charge in [-0.2, -0.15) is 52.7 Å². The molecule has 3 aromatic carbocycles. The molecule has 0 unspecified atom stereocenters. The van der Waals surface area contributed by atoms with Gasteiger partial charge in [0.1, 0.15) is 16.7 Å². The Bertz CT molecular complexity index is 1540. The summed E-state index contributed by atoms with van der Waals surface area (Å²) in [5, 5.41) is 0. The molecule has 4 N–H and O–H groups in total. The summed E-state index contributed by atoms with van der Waals surface area (Å²) < 4.78 is 228. The van der Waals surface area contributed by atoms with Crippen molar-refractivity contribution in [1.82, 2.24) is 0 Å². The van der Waals surface area contributed by atoms with Crippen molar-refractivity contribution >= 4 is 11.4 Å². The van der Waals surface area contributed by atoms with Crippen LogP contribution in [0.2, 0.25) is 0 Å². The summed E-state index contributed by atoms with van der Waals surface area (Å²) in [6, 6.07) is -0.584. The van der Waals surface area contributed by atoms with E-state index in [2.05, 4.69) is 9.47 Å². The highest BCUT2D eigenvalue weighted by molar-refractivity contribution is 5.61. The predicted octanol–water partition coefficient (Wildman–Crippen LogP) is 8.47. The van der Waals surface area contributed by atoms with Crippen molar-refractivity contribution < 1.29 is 79.7 Å². The largest absolute Gasteiger partial charge is 0.450 e. The molecule has 0 aliphatic carbocycles. The maximum absolute atomic E-state index is 15.2. The van der Waals surface area contributed by atoms with E-state index >= 15 is 4.39 Å². The molecule has 0 atom stereocenters. The smallest absolute Gasteiger partial charge is 0.422 e. The Balaban J connectivity index is 2.37. The molecule has 0 bridgehead atoms. The minimum absolute atomic E-state index is 0.220. The lowest BCUT2D eigenvalue weighted by molar-refractivity contribution is -0.140. The summed E-state index contributed by atoms with van der Waals surface area (Å²) in [6.45, 7) is 0. The van der Waals surface area contributed by atoms with Crippen LogP contribution in [-0.2, 0) is 18.5 Å². The topological polar surface area (TPSA) is 70.5 Å². The highest BCUT2D eigenvalue weighted by Crippen LogP contribution is 2.51. The summed E-state index contributed by atoms with van der Waals surface area (Å²) in [6.07, 6.45) is -17.7. The second kappa shape index (κ2) is 9.98. The van der Waals surface area contributed by atoms with Crippen molar-refractivity contribution in [3.05, 3.63) is 69.5 Å². The van der Waals surface area contributed by atoms with Gasteiger partial charge in [-0.05, 0) is 12.1 Å². The number of ether oxygens (including phenoxy) is 2. The fourth-order valence-corrected chi connectivity index (χ4v) is 3.22. The van der Waals surface area contributed by atoms with Crippen molar-refractivity contribution in [3.8, 4) is 23.0 Å². The third-order valence-electron chi connectivity index (χ3n) is 4.99. The van der Waals surface area contributed by atoms with Crippen molar-refractivity contribution in [2.24, 2.45) is 0 Å². The molecule has 20 heteroatoms. The van der Waals surface area contributed by atoms with E-state index in [0.29, 0.717) is 0 Å². The molecule has 0 fully saturated rings. The summed E-state index contributed by atoms with van der Waals surface area (Å²) in [5.41, 5.74) is -2.78. The molecule has 0 aromatic heterocycles. The number of nitrogen functional groups attached to an aromatic ring is 2. The zero-order chi connectivity index (χ0) is 31.6. The fourth-order valence-electron chi connectivity index (χ4n) is 3.22. The maximum atomic E-state index is 15.2. The normalized spacial score (nSPS) is 12.6. The first-order valence-electron chi connectivity index (χ1n) is 9.83. The third kappa shape index (κ3) is 5.41. The van der Waals surface area contributed by atoms with E-state index in [1.807, 2.05) is 0 Å². The number of benzene rings is 3. The molecular formula is C21H6F16N2O2. The molecule has 3 aromatic rings. The molecule has 0 saturated heterocycles. The Hall–Kier alpha value is -4.26. The van der Waals surface area contributed by atoms with Gasteiger partial charge in [-0.15, -0.1) is 0 Å². The van der Waals surface area contributed by atoms with Gasteiger partial charge < -0.3 is 20.9 Å². The van der Waals surface area contributed by atoms with Gasteiger partial charge >= 0.3 is 18.5 Å². The van der Waals surface area contributed by atoms with E-state index in [4.69, 9.17) is 11.5 Å². The third-order valence-corrected chi connectivity index (χ3v) is 4.99. The van der Waals surface area contributed by atoms with Crippen LogP contribution in [0.1, 0.15) is 16.7 Å². The van der Waals surface area contributed by atoms with E-state index in [0.717, 1.165) is 0 Å². The van der Waals surface area contributed by atoms with Crippen LogP contribution in [-0.4, -0.2) is 0 Å². The quantitative estimate of drug-likeness (QED) is 0.174. The molecular weight excluding hydrogens is 616 g/mol. The summed E-state index contributed by atoms with van der Waals surface area (Å²) >= 11 is 0. The second-order valence-electron chi connectivity index (χ2n) is 7.57. The number of anilines is 2. The number of halogens is 16. The Morgan fingerprint density at radius 1 is 0.439 bits per heavy atom. The number of hydrogen-bond donors (Lipinski definition) is 2. The summed E-state index contributed by atoms with van der Waals surface area (Å²) in [7, 11) is 0. The average Bonchev–Trinajstić information content (AvgIpc) is 2.82. The van der Waals surface area contributed by atoms with Crippen molar-refractivity contribution in [2.45, 2.75) is 18.5 Å². The highest BCUT2D eigenvalue weighted by atomic mass is 19.4. The Kier molecular flexibility index (Phi) is 7.61. The molecule has 0 aliphatic rings. The first-order valence-corrected chi connectivity index (χ1v) is 9.83. The van der Waals surface area contributed by atoms with Crippen molar-refractivity contribution in [3.63, 3.8) is 0 Å². The van der Waals surface area contributed by atoms with Gasteiger partial charge in [-0.1, -0.05) is 0 Å². The number of alkyl halides is 9. The van der Waals surface area contributed by atoms with E-state index in [1.54, 1.807) is 0 Å². The Labute approximate surface area is 214 Å². The molecule has 0 amide bonds. The molecule has 41 heavy (non-hydrogen) atoms. The van der Waals surface area contributed by atoms with E-state index in [9.17, 15) is 65.9 Å².